The van der Waals surface area contributed by atoms with Crippen LogP contribution in [0.15, 0.2) is 35.1 Å². The van der Waals surface area contributed by atoms with Crippen molar-refractivity contribution in [3.63, 3.8) is 0 Å². The molecule has 0 aromatic carbocycles. The summed E-state index contributed by atoms with van der Waals surface area (Å²) in [7, 11) is 0. The highest BCUT2D eigenvalue weighted by Crippen LogP contribution is 2.17. The van der Waals surface area contributed by atoms with E-state index >= 15 is 0 Å². The third-order valence-electron chi connectivity index (χ3n) is 2.69. The monoisotopic (exact) mass is 307 g/mol. The lowest BCUT2D eigenvalue weighted by molar-refractivity contribution is 0.101. The van der Waals surface area contributed by atoms with Crippen molar-refractivity contribution < 1.29 is 4.79 Å². The van der Waals surface area contributed by atoms with E-state index in [1.807, 2.05) is 36.7 Å². The molecule has 0 saturated carbocycles. The van der Waals surface area contributed by atoms with E-state index in [9.17, 15) is 4.79 Å². The Bertz CT molecular complexity index is 577. The van der Waals surface area contributed by atoms with Crippen molar-refractivity contribution in [3.05, 3.63) is 46.5 Å². The molecule has 0 fully saturated rings. The lowest BCUT2D eigenvalue weighted by Crippen LogP contribution is -2.17. The smallest absolute Gasteiger partial charge is 0.272 e. The number of rotatable bonds is 3. The van der Waals surface area contributed by atoms with Crippen molar-refractivity contribution in [2.45, 2.75) is 20.4 Å². The quantitative estimate of drug-likeness (QED) is 0.946. The molecule has 0 atom stereocenters. The van der Waals surface area contributed by atoms with Crippen LogP contribution in [0.3, 0.4) is 0 Å². The number of carbonyl (C=O) groups excluding carboxylic acids is 1. The number of amides is 1. The molecule has 0 aliphatic heterocycles. The van der Waals surface area contributed by atoms with Gasteiger partial charge in [-0.25, -0.2) is 0 Å². The minimum absolute atomic E-state index is 0.126. The fourth-order valence-corrected chi connectivity index (χ4v) is 2.19. The number of anilines is 1. The van der Waals surface area contributed by atoms with E-state index in [0.717, 1.165) is 22.4 Å². The number of hydrogen-bond acceptors (Lipinski definition) is 2. The Balaban J connectivity index is 2.25. The van der Waals surface area contributed by atoms with E-state index < -0.39 is 0 Å². The first-order valence-electron chi connectivity index (χ1n) is 5.70. The molecule has 0 aliphatic rings. The first-order chi connectivity index (χ1) is 8.61. The van der Waals surface area contributed by atoms with Crippen LogP contribution in [-0.4, -0.2) is 15.5 Å². The second-order valence-electron chi connectivity index (χ2n) is 3.92. The first kappa shape index (κ1) is 12.8. The SMILES string of the molecule is CCn1cc(Br)cc1C(=O)Nc1cccnc1C. The van der Waals surface area contributed by atoms with Crippen LogP contribution in [0.1, 0.15) is 23.1 Å². The minimum Gasteiger partial charge on any atom is -0.343 e. The van der Waals surface area contributed by atoms with Gasteiger partial charge in [0.1, 0.15) is 5.69 Å². The summed E-state index contributed by atoms with van der Waals surface area (Å²) in [6.45, 7) is 4.61. The number of halogens is 1. The van der Waals surface area contributed by atoms with Crippen LogP contribution in [0.2, 0.25) is 0 Å². The highest BCUT2D eigenvalue weighted by Gasteiger charge is 2.13. The summed E-state index contributed by atoms with van der Waals surface area (Å²) in [5, 5.41) is 2.87. The van der Waals surface area contributed by atoms with Gasteiger partial charge >= 0.3 is 0 Å². The number of pyridine rings is 1. The van der Waals surface area contributed by atoms with Gasteiger partial charge in [0.05, 0.1) is 11.4 Å². The maximum atomic E-state index is 12.2. The zero-order valence-electron chi connectivity index (χ0n) is 10.3. The number of nitrogens with one attached hydrogen (secondary N) is 1. The average Bonchev–Trinajstić information content (AvgIpc) is 2.73. The van der Waals surface area contributed by atoms with Gasteiger partial charge in [-0.15, -0.1) is 0 Å². The van der Waals surface area contributed by atoms with Crippen LogP contribution in [0.4, 0.5) is 5.69 Å². The zero-order valence-corrected chi connectivity index (χ0v) is 11.9. The van der Waals surface area contributed by atoms with Gasteiger partial charge in [0.15, 0.2) is 0 Å². The molecule has 94 valence electrons. The summed E-state index contributed by atoms with van der Waals surface area (Å²) < 4.78 is 2.79. The summed E-state index contributed by atoms with van der Waals surface area (Å²) in [6, 6.07) is 5.45. The third kappa shape index (κ3) is 2.61. The summed E-state index contributed by atoms with van der Waals surface area (Å²) in [4.78, 5) is 16.3. The Hall–Kier alpha value is -1.62. The maximum Gasteiger partial charge on any atom is 0.272 e. The predicted octanol–water partition coefficient (Wildman–Crippen LogP) is 3.23. The minimum atomic E-state index is -0.126. The average molecular weight is 308 g/mol. The Morgan fingerprint density at radius 2 is 2.33 bits per heavy atom. The highest BCUT2D eigenvalue weighted by molar-refractivity contribution is 9.10. The van der Waals surface area contributed by atoms with Crippen LogP contribution in [0, 0.1) is 6.92 Å². The molecule has 1 amide bonds. The van der Waals surface area contributed by atoms with Crippen molar-refractivity contribution in [2.75, 3.05) is 5.32 Å². The number of nitrogens with zero attached hydrogens (tertiary/aromatic N) is 2. The molecule has 0 saturated heterocycles. The van der Waals surface area contributed by atoms with Gasteiger partial charge in [-0.05, 0) is 48.0 Å². The van der Waals surface area contributed by atoms with Crippen LogP contribution in [-0.2, 0) is 6.54 Å². The van der Waals surface area contributed by atoms with Crippen LogP contribution in [0.5, 0.6) is 0 Å². The van der Waals surface area contributed by atoms with Crippen molar-refractivity contribution in [2.24, 2.45) is 0 Å². The van der Waals surface area contributed by atoms with Gasteiger partial charge in [-0.2, -0.15) is 0 Å². The Labute approximate surface area is 114 Å². The van der Waals surface area contributed by atoms with Crippen molar-refractivity contribution in [1.82, 2.24) is 9.55 Å². The fourth-order valence-electron chi connectivity index (χ4n) is 1.73. The Kier molecular flexibility index (Phi) is 3.81. The number of carbonyl (C=O) groups is 1. The maximum absolute atomic E-state index is 12.2. The van der Waals surface area contributed by atoms with Gasteiger partial charge in [0.2, 0.25) is 0 Å². The second-order valence-corrected chi connectivity index (χ2v) is 4.84. The Morgan fingerprint density at radius 1 is 1.56 bits per heavy atom. The fraction of sp³-hybridized carbons (Fsp3) is 0.231. The zero-order chi connectivity index (χ0) is 13.1. The molecular formula is C13H14BrN3O. The molecule has 1 N–H and O–H groups in total. The predicted molar refractivity (Wildman–Crippen MR) is 74.7 cm³/mol. The van der Waals surface area contributed by atoms with Crippen LogP contribution >= 0.6 is 15.9 Å². The van der Waals surface area contributed by atoms with Crippen LogP contribution in [0.25, 0.3) is 0 Å². The summed E-state index contributed by atoms with van der Waals surface area (Å²) >= 11 is 3.38. The van der Waals surface area contributed by atoms with E-state index in [1.54, 1.807) is 12.3 Å². The molecule has 0 bridgehead atoms. The lowest BCUT2D eigenvalue weighted by atomic mass is 10.3. The van der Waals surface area contributed by atoms with Gasteiger partial charge < -0.3 is 9.88 Å². The van der Waals surface area contributed by atoms with E-state index in [0.29, 0.717) is 5.69 Å². The second kappa shape index (κ2) is 5.35. The third-order valence-corrected chi connectivity index (χ3v) is 3.13. The molecule has 2 heterocycles. The highest BCUT2D eigenvalue weighted by atomic mass is 79.9. The van der Waals surface area contributed by atoms with E-state index in [2.05, 4.69) is 26.2 Å². The standard InChI is InChI=1S/C13H14BrN3O/c1-3-17-8-10(14)7-12(17)13(18)16-11-5-4-6-15-9(11)2/h4-8H,3H2,1-2H3,(H,16,18). The van der Waals surface area contributed by atoms with Gasteiger partial charge in [-0.3, -0.25) is 9.78 Å². The molecule has 0 radical (unpaired) electrons. The topological polar surface area (TPSA) is 46.9 Å². The van der Waals surface area contributed by atoms with E-state index in [-0.39, 0.29) is 5.91 Å². The van der Waals surface area contributed by atoms with Gasteiger partial charge in [0, 0.05) is 23.4 Å². The molecule has 2 aromatic rings. The molecule has 2 rings (SSSR count). The van der Waals surface area contributed by atoms with Gasteiger partial charge in [-0.1, -0.05) is 0 Å². The number of hydrogen-bond donors (Lipinski definition) is 1. The lowest BCUT2D eigenvalue weighted by Gasteiger charge is -2.09. The first-order valence-corrected chi connectivity index (χ1v) is 6.49. The molecule has 0 aliphatic carbocycles. The number of aromatic nitrogens is 2. The summed E-state index contributed by atoms with van der Waals surface area (Å²) in [6.07, 6.45) is 3.60. The van der Waals surface area contributed by atoms with E-state index in [1.165, 1.54) is 0 Å². The van der Waals surface area contributed by atoms with Crippen molar-refractivity contribution >= 4 is 27.5 Å². The van der Waals surface area contributed by atoms with Crippen molar-refractivity contribution in [1.29, 1.82) is 0 Å². The Morgan fingerprint density at radius 3 is 3.00 bits per heavy atom. The molecule has 4 nitrogen and oxygen atoms in total. The van der Waals surface area contributed by atoms with Crippen LogP contribution < -0.4 is 5.32 Å². The molecular weight excluding hydrogens is 294 g/mol. The van der Waals surface area contributed by atoms with E-state index in [4.69, 9.17) is 0 Å². The van der Waals surface area contributed by atoms with Gasteiger partial charge in [0.25, 0.3) is 5.91 Å². The molecule has 2 aromatic heterocycles. The largest absolute Gasteiger partial charge is 0.343 e. The summed E-state index contributed by atoms with van der Waals surface area (Å²) in [5.74, 6) is -0.126. The molecule has 18 heavy (non-hydrogen) atoms. The molecule has 5 heteroatoms. The normalized spacial score (nSPS) is 10.4. The molecule has 0 unspecified atom stereocenters. The molecule has 0 spiro atoms. The summed E-state index contributed by atoms with van der Waals surface area (Å²) in [5.41, 5.74) is 2.18. The number of aryl methyl sites for hydroxylation is 2. The van der Waals surface area contributed by atoms with Crippen molar-refractivity contribution in [3.8, 4) is 0 Å².